The Bertz CT molecular complexity index is 712. The van der Waals surface area contributed by atoms with Gasteiger partial charge in [-0.05, 0) is 64.7 Å². The van der Waals surface area contributed by atoms with Gasteiger partial charge in [0.2, 0.25) is 0 Å². The molecule has 1 aromatic rings. The molecule has 7 nitrogen and oxygen atoms in total. The minimum Gasteiger partial charge on any atom is -0.496 e. The second-order valence-electron chi connectivity index (χ2n) is 8.37. The number of ether oxygens (including phenoxy) is 2. The Labute approximate surface area is 174 Å². The number of nitrogens with zero attached hydrogens (tertiary/aromatic N) is 2. The van der Waals surface area contributed by atoms with Crippen molar-refractivity contribution in [3.05, 3.63) is 29.3 Å². The highest BCUT2D eigenvalue weighted by Gasteiger charge is 2.27. The standard InChI is InChI=1S/C22H36N4O3/c1-7-23-20(24-12-10-17-9-8-16(2)19(14-17)28-6)26-13-11-18(15-26)25-21(27)29-22(3,4)5/h8-9,14,18H,7,10-13,15H2,1-6H3,(H,23,24)(H,25,27). The number of carbonyl (C=O) groups excluding carboxylic acids is 1. The van der Waals surface area contributed by atoms with Crippen LogP contribution in [0.4, 0.5) is 4.79 Å². The van der Waals surface area contributed by atoms with Gasteiger partial charge in [0.25, 0.3) is 0 Å². The van der Waals surface area contributed by atoms with Crippen LogP contribution in [-0.4, -0.2) is 61.9 Å². The van der Waals surface area contributed by atoms with Crippen molar-refractivity contribution in [1.82, 2.24) is 15.5 Å². The maximum atomic E-state index is 12.0. The maximum Gasteiger partial charge on any atom is 0.407 e. The molecule has 0 aliphatic carbocycles. The predicted octanol–water partition coefficient (Wildman–Crippen LogP) is 3.11. The molecule has 1 saturated heterocycles. The Morgan fingerprint density at radius 1 is 1.34 bits per heavy atom. The maximum absolute atomic E-state index is 12.0. The number of guanidine groups is 1. The van der Waals surface area contributed by atoms with E-state index >= 15 is 0 Å². The van der Waals surface area contributed by atoms with Crippen LogP contribution in [0.3, 0.4) is 0 Å². The lowest BCUT2D eigenvalue weighted by Gasteiger charge is -2.23. The van der Waals surface area contributed by atoms with E-state index < -0.39 is 5.60 Å². The number of benzene rings is 1. The van der Waals surface area contributed by atoms with Gasteiger partial charge >= 0.3 is 6.09 Å². The van der Waals surface area contributed by atoms with Gasteiger partial charge in [0.1, 0.15) is 11.4 Å². The van der Waals surface area contributed by atoms with E-state index in [1.54, 1.807) is 7.11 Å². The van der Waals surface area contributed by atoms with Gasteiger partial charge in [-0.15, -0.1) is 0 Å². The summed E-state index contributed by atoms with van der Waals surface area (Å²) in [6, 6.07) is 6.34. The van der Waals surface area contributed by atoms with Gasteiger partial charge in [-0.2, -0.15) is 0 Å². The molecule has 0 bridgehead atoms. The van der Waals surface area contributed by atoms with E-state index in [1.165, 1.54) is 5.56 Å². The summed E-state index contributed by atoms with van der Waals surface area (Å²) < 4.78 is 10.8. The highest BCUT2D eigenvalue weighted by Crippen LogP contribution is 2.19. The SMILES string of the molecule is CCNC(=NCCc1ccc(C)c(OC)c1)N1CCC(NC(=O)OC(C)(C)C)C1. The van der Waals surface area contributed by atoms with Gasteiger partial charge < -0.3 is 25.0 Å². The van der Waals surface area contributed by atoms with Crippen LogP contribution in [-0.2, 0) is 11.2 Å². The molecule has 7 heteroatoms. The van der Waals surface area contributed by atoms with Crippen molar-refractivity contribution in [1.29, 1.82) is 0 Å². The third-order valence-corrected chi connectivity index (χ3v) is 4.68. The molecule has 1 atom stereocenters. The topological polar surface area (TPSA) is 75.2 Å². The van der Waals surface area contributed by atoms with Crippen molar-refractivity contribution < 1.29 is 14.3 Å². The predicted molar refractivity (Wildman–Crippen MR) is 117 cm³/mol. The summed E-state index contributed by atoms with van der Waals surface area (Å²) in [5.41, 5.74) is 1.85. The molecular weight excluding hydrogens is 368 g/mol. The fraction of sp³-hybridized carbons (Fsp3) is 0.636. The molecule has 1 unspecified atom stereocenters. The molecule has 1 aliphatic heterocycles. The Kier molecular flexibility index (Phi) is 8.17. The highest BCUT2D eigenvalue weighted by molar-refractivity contribution is 5.80. The zero-order valence-corrected chi connectivity index (χ0v) is 18.7. The second kappa shape index (κ2) is 10.4. The monoisotopic (exact) mass is 404 g/mol. The van der Waals surface area contributed by atoms with E-state index in [2.05, 4.69) is 40.7 Å². The van der Waals surface area contributed by atoms with Crippen molar-refractivity contribution >= 4 is 12.1 Å². The summed E-state index contributed by atoms with van der Waals surface area (Å²) in [6.45, 7) is 12.8. The number of likely N-dealkylation sites (tertiary alicyclic amines) is 1. The highest BCUT2D eigenvalue weighted by atomic mass is 16.6. The van der Waals surface area contributed by atoms with Crippen molar-refractivity contribution in [3.8, 4) is 5.75 Å². The molecule has 1 fully saturated rings. The number of hydrogen-bond acceptors (Lipinski definition) is 4. The minimum absolute atomic E-state index is 0.0649. The largest absolute Gasteiger partial charge is 0.496 e. The van der Waals surface area contributed by atoms with Gasteiger partial charge in [0.05, 0.1) is 13.2 Å². The fourth-order valence-corrected chi connectivity index (χ4v) is 3.28. The van der Waals surface area contributed by atoms with Crippen LogP contribution in [0.25, 0.3) is 0 Å². The van der Waals surface area contributed by atoms with E-state index in [4.69, 9.17) is 14.5 Å². The van der Waals surface area contributed by atoms with Crippen molar-refractivity contribution in [2.75, 3.05) is 33.3 Å². The summed E-state index contributed by atoms with van der Waals surface area (Å²) in [5, 5.41) is 6.32. The first-order valence-corrected chi connectivity index (χ1v) is 10.4. The Hall–Kier alpha value is -2.44. The van der Waals surface area contributed by atoms with E-state index in [1.807, 2.05) is 27.7 Å². The molecule has 0 aromatic heterocycles. The summed E-state index contributed by atoms with van der Waals surface area (Å²) >= 11 is 0. The molecule has 0 saturated carbocycles. The molecule has 0 radical (unpaired) electrons. The first-order chi connectivity index (χ1) is 13.7. The summed E-state index contributed by atoms with van der Waals surface area (Å²) in [4.78, 5) is 19.0. The minimum atomic E-state index is -0.489. The second-order valence-corrected chi connectivity index (χ2v) is 8.37. The number of rotatable bonds is 6. The third-order valence-electron chi connectivity index (χ3n) is 4.68. The van der Waals surface area contributed by atoms with Crippen LogP contribution in [0.2, 0.25) is 0 Å². The zero-order valence-electron chi connectivity index (χ0n) is 18.7. The van der Waals surface area contributed by atoms with Crippen LogP contribution in [0.1, 0.15) is 45.2 Å². The van der Waals surface area contributed by atoms with E-state index in [-0.39, 0.29) is 12.1 Å². The van der Waals surface area contributed by atoms with E-state index in [9.17, 15) is 4.79 Å². The number of hydrogen-bond donors (Lipinski definition) is 2. The van der Waals surface area contributed by atoms with Gasteiger partial charge in [-0.25, -0.2) is 4.79 Å². The van der Waals surface area contributed by atoms with Gasteiger partial charge in [0.15, 0.2) is 5.96 Å². The molecular formula is C22H36N4O3. The summed E-state index contributed by atoms with van der Waals surface area (Å²) in [5.74, 6) is 1.80. The number of amides is 1. The number of aliphatic imine (C=N–C) groups is 1. The number of carbonyl (C=O) groups is 1. The zero-order chi connectivity index (χ0) is 21.4. The molecule has 29 heavy (non-hydrogen) atoms. The Morgan fingerprint density at radius 2 is 2.10 bits per heavy atom. The lowest BCUT2D eigenvalue weighted by molar-refractivity contribution is 0.0507. The van der Waals surface area contributed by atoms with E-state index in [0.29, 0.717) is 6.54 Å². The molecule has 162 valence electrons. The normalized spacial score (nSPS) is 17.2. The third kappa shape index (κ3) is 7.48. The first-order valence-electron chi connectivity index (χ1n) is 10.4. The van der Waals surface area contributed by atoms with Gasteiger partial charge in [-0.1, -0.05) is 12.1 Å². The summed E-state index contributed by atoms with van der Waals surface area (Å²) in [6.07, 6.45) is 1.36. The van der Waals surface area contributed by atoms with Crippen molar-refractivity contribution in [2.45, 2.75) is 59.1 Å². The van der Waals surface area contributed by atoms with Crippen molar-refractivity contribution in [3.63, 3.8) is 0 Å². The molecule has 2 N–H and O–H groups in total. The fourth-order valence-electron chi connectivity index (χ4n) is 3.28. The lowest BCUT2D eigenvalue weighted by atomic mass is 10.1. The van der Waals surface area contributed by atoms with Crippen molar-refractivity contribution in [2.24, 2.45) is 4.99 Å². The lowest BCUT2D eigenvalue weighted by Crippen LogP contribution is -2.44. The number of nitrogens with one attached hydrogen (secondary N) is 2. The molecule has 2 rings (SSSR count). The molecule has 1 aromatic carbocycles. The number of alkyl carbamates (subject to hydrolysis) is 1. The number of aryl methyl sites for hydroxylation is 1. The van der Waals surface area contributed by atoms with Crippen LogP contribution in [0, 0.1) is 6.92 Å². The van der Waals surface area contributed by atoms with Gasteiger partial charge in [0, 0.05) is 26.2 Å². The van der Waals surface area contributed by atoms with E-state index in [0.717, 1.165) is 49.7 Å². The van der Waals surface area contributed by atoms with Crippen LogP contribution < -0.4 is 15.4 Å². The van der Waals surface area contributed by atoms with Crippen LogP contribution in [0.5, 0.6) is 5.75 Å². The molecule has 1 aliphatic rings. The van der Waals surface area contributed by atoms with Crippen LogP contribution >= 0.6 is 0 Å². The Balaban J connectivity index is 1.91. The average molecular weight is 405 g/mol. The number of methoxy groups -OCH3 is 1. The van der Waals surface area contributed by atoms with Crippen LogP contribution in [0.15, 0.2) is 23.2 Å². The molecule has 0 spiro atoms. The average Bonchev–Trinajstić information content (AvgIpc) is 3.08. The summed E-state index contributed by atoms with van der Waals surface area (Å²) in [7, 11) is 1.70. The first kappa shape index (κ1) is 22.8. The Morgan fingerprint density at radius 3 is 2.76 bits per heavy atom. The smallest absolute Gasteiger partial charge is 0.407 e. The quantitative estimate of drug-likeness (QED) is 0.563. The molecule has 1 heterocycles. The van der Waals surface area contributed by atoms with Gasteiger partial charge in [-0.3, -0.25) is 4.99 Å². The molecule has 1 amide bonds.